The predicted octanol–water partition coefficient (Wildman–Crippen LogP) is 1.45. The third kappa shape index (κ3) is 8.15. The van der Waals surface area contributed by atoms with Gasteiger partial charge in [0.05, 0.1) is 5.60 Å². The minimum atomic E-state index is -0.919. The van der Waals surface area contributed by atoms with Crippen molar-refractivity contribution < 1.29 is 14.7 Å². The van der Waals surface area contributed by atoms with E-state index in [9.17, 15) is 14.7 Å². The summed E-state index contributed by atoms with van der Waals surface area (Å²) in [6.45, 7) is 11.2. The molecule has 2 unspecified atom stereocenters. The van der Waals surface area contributed by atoms with Crippen molar-refractivity contribution in [2.45, 2.75) is 66.0 Å². The summed E-state index contributed by atoms with van der Waals surface area (Å²) in [4.78, 5) is 23.2. The van der Waals surface area contributed by atoms with Crippen molar-refractivity contribution >= 4 is 11.8 Å². The molecule has 0 bridgehead atoms. The van der Waals surface area contributed by atoms with Crippen LogP contribution in [-0.2, 0) is 9.59 Å². The molecule has 0 saturated carbocycles. The fourth-order valence-corrected chi connectivity index (χ4v) is 1.83. The van der Waals surface area contributed by atoms with Crippen LogP contribution in [0.3, 0.4) is 0 Å². The highest BCUT2D eigenvalue weighted by molar-refractivity contribution is 5.87. The van der Waals surface area contributed by atoms with E-state index in [2.05, 4.69) is 24.5 Å². The van der Waals surface area contributed by atoms with Gasteiger partial charge in [0, 0.05) is 13.5 Å². The van der Waals surface area contributed by atoms with Gasteiger partial charge < -0.3 is 15.7 Å². The number of nitrogens with one attached hydrogen (secondary N) is 2. The van der Waals surface area contributed by atoms with Crippen LogP contribution in [-0.4, -0.2) is 35.1 Å². The number of carbonyl (C=O) groups is 2. The van der Waals surface area contributed by atoms with Gasteiger partial charge in [-0.2, -0.15) is 0 Å². The average molecular weight is 286 g/mol. The zero-order valence-electron chi connectivity index (χ0n) is 13.6. The Hall–Kier alpha value is -1.10. The van der Waals surface area contributed by atoms with Crippen molar-refractivity contribution in [1.82, 2.24) is 10.6 Å². The fourth-order valence-electron chi connectivity index (χ4n) is 1.83. The van der Waals surface area contributed by atoms with E-state index < -0.39 is 11.6 Å². The molecule has 0 heterocycles. The Morgan fingerprint density at radius 1 is 1.20 bits per heavy atom. The van der Waals surface area contributed by atoms with Gasteiger partial charge in [-0.15, -0.1) is 0 Å². The summed E-state index contributed by atoms with van der Waals surface area (Å²) in [5.41, 5.74) is -0.919. The molecule has 0 rings (SSSR count). The maximum atomic E-state index is 12.1. The van der Waals surface area contributed by atoms with E-state index in [4.69, 9.17) is 0 Å². The third-order valence-electron chi connectivity index (χ3n) is 3.21. The van der Waals surface area contributed by atoms with E-state index in [1.54, 1.807) is 6.92 Å². The SMILES string of the molecule is CC(=O)NC(C(=O)NCC(C)(O)CCC(C)C)C(C)C. The van der Waals surface area contributed by atoms with Crippen LogP contribution in [0.15, 0.2) is 0 Å². The number of hydrogen-bond acceptors (Lipinski definition) is 3. The van der Waals surface area contributed by atoms with Gasteiger partial charge in [-0.1, -0.05) is 27.7 Å². The van der Waals surface area contributed by atoms with Crippen LogP contribution in [0.25, 0.3) is 0 Å². The van der Waals surface area contributed by atoms with E-state index in [0.29, 0.717) is 12.3 Å². The first-order chi connectivity index (χ1) is 9.05. The van der Waals surface area contributed by atoms with Gasteiger partial charge in [-0.25, -0.2) is 0 Å². The first-order valence-corrected chi connectivity index (χ1v) is 7.32. The van der Waals surface area contributed by atoms with Crippen LogP contribution in [0, 0.1) is 11.8 Å². The summed E-state index contributed by atoms with van der Waals surface area (Å²) in [5, 5.41) is 15.6. The molecule has 2 amide bonds. The first kappa shape index (κ1) is 18.9. The molecule has 3 N–H and O–H groups in total. The van der Waals surface area contributed by atoms with E-state index in [0.717, 1.165) is 6.42 Å². The molecule has 5 heteroatoms. The molecule has 5 nitrogen and oxygen atoms in total. The zero-order chi connectivity index (χ0) is 15.9. The van der Waals surface area contributed by atoms with Crippen LogP contribution in [0.2, 0.25) is 0 Å². The fraction of sp³-hybridized carbons (Fsp3) is 0.867. The minimum Gasteiger partial charge on any atom is -0.388 e. The Labute approximate surface area is 122 Å². The van der Waals surface area contributed by atoms with Gasteiger partial charge in [-0.05, 0) is 31.6 Å². The predicted molar refractivity (Wildman–Crippen MR) is 80.1 cm³/mol. The smallest absolute Gasteiger partial charge is 0.242 e. The number of amides is 2. The van der Waals surface area contributed by atoms with E-state index in [-0.39, 0.29) is 24.3 Å². The van der Waals surface area contributed by atoms with Gasteiger partial charge in [0.2, 0.25) is 11.8 Å². The Morgan fingerprint density at radius 3 is 2.15 bits per heavy atom. The number of hydrogen-bond donors (Lipinski definition) is 3. The second-order valence-electron chi connectivity index (χ2n) is 6.57. The lowest BCUT2D eigenvalue weighted by Crippen LogP contribution is -2.52. The molecule has 0 spiro atoms. The first-order valence-electron chi connectivity index (χ1n) is 7.32. The second kappa shape index (κ2) is 8.25. The maximum Gasteiger partial charge on any atom is 0.242 e. The van der Waals surface area contributed by atoms with Crippen LogP contribution in [0.5, 0.6) is 0 Å². The van der Waals surface area contributed by atoms with Crippen LogP contribution in [0.1, 0.15) is 54.4 Å². The monoisotopic (exact) mass is 286 g/mol. The van der Waals surface area contributed by atoms with Crippen LogP contribution in [0.4, 0.5) is 0 Å². The highest BCUT2D eigenvalue weighted by atomic mass is 16.3. The summed E-state index contributed by atoms with van der Waals surface area (Å²) in [7, 11) is 0. The van der Waals surface area contributed by atoms with Gasteiger partial charge in [-0.3, -0.25) is 9.59 Å². The molecule has 0 aromatic heterocycles. The Balaban J connectivity index is 4.39. The average Bonchev–Trinajstić information content (AvgIpc) is 2.30. The van der Waals surface area contributed by atoms with Crippen molar-refractivity contribution in [2.75, 3.05) is 6.54 Å². The number of rotatable bonds is 8. The van der Waals surface area contributed by atoms with Gasteiger partial charge in [0.1, 0.15) is 6.04 Å². The molecular formula is C15H30N2O3. The normalized spacial score (nSPS) is 15.8. The van der Waals surface area contributed by atoms with E-state index in [1.807, 2.05) is 13.8 Å². The lowest BCUT2D eigenvalue weighted by Gasteiger charge is -2.27. The highest BCUT2D eigenvalue weighted by Crippen LogP contribution is 2.15. The van der Waals surface area contributed by atoms with Crippen LogP contribution >= 0.6 is 0 Å². The molecule has 0 aromatic carbocycles. The van der Waals surface area contributed by atoms with Crippen molar-refractivity contribution in [3.63, 3.8) is 0 Å². The van der Waals surface area contributed by atoms with Crippen LogP contribution < -0.4 is 10.6 Å². The van der Waals surface area contributed by atoms with Gasteiger partial charge in [0.25, 0.3) is 0 Å². The van der Waals surface area contributed by atoms with Gasteiger partial charge in [0.15, 0.2) is 0 Å². The molecular weight excluding hydrogens is 256 g/mol. The number of carbonyl (C=O) groups excluding carboxylic acids is 2. The summed E-state index contributed by atoms with van der Waals surface area (Å²) in [6.07, 6.45) is 1.54. The lowest BCUT2D eigenvalue weighted by molar-refractivity contribution is -0.129. The molecule has 20 heavy (non-hydrogen) atoms. The van der Waals surface area contributed by atoms with Crippen molar-refractivity contribution in [1.29, 1.82) is 0 Å². The van der Waals surface area contributed by atoms with Gasteiger partial charge >= 0.3 is 0 Å². The molecule has 118 valence electrons. The van der Waals surface area contributed by atoms with Crippen molar-refractivity contribution in [3.8, 4) is 0 Å². The summed E-state index contributed by atoms with van der Waals surface area (Å²) >= 11 is 0. The van der Waals surface area contributed by atoms with E-state index >= 15 is 0 Å². The highest BCUT2D eigenvalue weighted by Gasteiger charge is 2.26. The Morgan fingerprint density at radius 2 is 1.75 bits per heavy atom. The molecule has 0 saturated heterocycles. The zero-order valence-corrected chi connectivity index (χ0v) is 13.6. The molecule has 0 aliphatic carbocycles. The Kier molecular flexibility index (Phi) is 7.79. The molecule has 0 aromatic rings. The Bertz CT molecular complexity index is 325. The summed E-state index contributed by atoms with van der Waals surface area (Å²) in [6, 6.07) is -0.562. The lowest BCUT2D eigenvalue weighted by atomic mass is 9.95. The molecule has 2 atom stereocenters. The number of aliphatic hydroxyl groups is 1. The third-order valence-corrected chi connectivity index (χ3v) is 3.21. The largest absolute Gasteiger partial charge is 0.388 e. The minimum absolute atomic E-state index is 0.000451. The summed E-state index contributed by atoms with van der Waals surface area (Å²) in [5.74, 6) is 0.0323. The summed E-state index contributed by atoms with van der Waals surface area (Å²) < 4.78 is 0. The maximum absolute atomic E-state index is 12.1. The van der Waals surface area contributed by atoms with E-state index in [1.165, 1.54) is 6.92 Å². The van der Waals surface area contributed by atoms with Crippen molar-refractivity contribution in [3.05, 3.63) is 0 Å². The molecule has 0 aliphatic heterocycles. The second-order valence-corrected chi connectivity index (χ2v) is 6.57. The molecule has 0 aliphatic rings. The van der Waals surface area contributed by atoms with Crippen molar-refractivity contribution in [2.24, 2.45) is 11.8 Å². The molecule has 0 radical (unpaired) electrons. The molecule has 0 fully saturated rings. The standard InChI is InChI=1S/C15H30N2O3/c1-10(2)7-8-15(6,20)9-16-14(19)13(11(3)4)17-12(5)18/h10-11,13,20H,7-9H2,1-6H3,(H,16,19)(H,17,18). The quantitative estimate of drug-likeness (QED) is 0.632. The topological polar surface area (TPSA) is 78.4 Å².